The van der Waals surface area contributed by atoms with Gasteiger partial charge >= 0.3 is 5.63 Å². The SMILES string of the molecule is CCCCOc1cccc(N2COc3c(Cl)cc4c(CCCC)cc(=O)oc4c3C2)c1. The van der Waals surface area contributed by atoms with Gasteiger partial charge in [0.25, 0.3) is 0 Å². The summed E-state index contributed by atoms with van der Waals surface area (Å²) in [5.74, 6) is 1.43. The lowest BCUT2D eigenvalue weighted by atomic mass is 10.0. The second-order valence-corrected chi connectivity index (χ2v) is 8.31. The number of aryl methyl sites for hydroxylation is 1. The van der Waals surface area contributed by atoms with E-state index < -0.39 is 0 Å². The van der Waals surface area contributed by atoms with Crippen molar-refractivity contribution >= 4 is 28.3 Å². The summed E-state index contributed by atoms with van der Waals surface area (Å²) in [6, 6.07) is 11.4. The molecule has 0 saturated carbocycles. The Bertz CT molecular complexity index is 1120. The molecule has 164 valence electrons. The molecule has 0 atom stereocenters. The molecule has 2 heterocycles. The lowest BCUT2D eigenvalue weighted by Crippen LogP contribution is -2.32. The van der Waals surface area contributed by atoms with E-state index >= 15 is 0 Å². The van der Waals surface area contributed by atoms with Crippen LogP contribution in [0.5, 0.6) is 11.5 Å². The Morgan fingerprint density at radius 1 is 1.13 bits per heavy atom. The van der Waals surface area contributed by atoms with Crippen molar-refractivity contribution in [2.24, 2.45) is 0 Å². The first-order chi connectivity index (χ1) is 15.1. The van der Waals surface area contributed by atoms with Crippen molar-refractivity contribution in [3.63, 3.8) is 0 Å². The molecule has 0 radical (unpaired) electrons. The van der Waals surface area contributed by atoms with Crippen molar-refractivity contribution in [1.82, 2.24) is 0 Å². The van der Waals surface area contributed by atoms with Crippen molar-refractivity contribution in [2.45, 2.75) is 52.5 Å². The highest BCUT2D eigenvalue weighted by Crippen LogP contribution is 2.40. The number of rotatable bonds is 8. The van der Waals surface area contributed by atoms with Gasteiger partial charge in [-0.3, -0.25) is 0 Å². The molecule has 0 spiro atoms. The molecule has 2 aromatic carbocycles. The molecule has 0 aliphatic carbocycles. The quantitative estimate of drug-likeness (QED) is 0.302. The Morgan fingerprint density at radius 3 is 2.77 bits per heavy atom. The van der Waals surface area contributed by atoms with Gasteiger partial charge in [0.05, 0.1) is 23.7 Å². The van der Waals surface area contributed by atoms with Crippen LogP contribution in [0.15, 0.2) is 45.6 Å². The summed E-state index contributed by atoms with van der Waals surface area (Å²) >= 11 is 6.57. The van der Waals surface area contributed by atoms with Crippen LogP contribution in [0.1, 0.15) is 50.7 Å². The van der Waals surface area contributed by atoms with E-state index in [2.05, 4.69) is 18.7 Å². The van der Waals surface area contributed by atoms with E-state index in [9.17, 15) is 4.79 Å². The van der Waals surface area contributed by atoms with Crippen molar-refractivity contribution < 1.29 is 13.9 Å². The van der Waals surface area contributed by atoms with E-state index in [0.717, 1.165) is 60.1 Å². The van der Waals surface area contributed by atoms with Crippen molar-refractivity contribution in [1.29, 1.82) is 0 Å². The molecule has 0 saturated heterocycles. The van der Waals surface area contributed by atoms with Crippen molar-refractivity contribution in [2.75, 3.05) is 18.2 Å². The second-order valence-electron chi connectivity index (χ2n) is 7.91. The number of anilines is 1. The van der Waals surface area contributed by atoms with Gasteiger partial charge < -0.3 is 18.8 Å². The van der Waals surface area contributed by atoms with Crippen LogP contribution in [0.2, 0.25) is 5.02 Å². The molecule has 0 N–H and O–H groups in total. The molecule has 0 amide bonds. The molecule has 1 aliphatic rings. The van der Waals surface area contributed by atoms with Crippen molar-refractivity contribution in [3.05, 3.63) is 63.0 Å². The third-order valence-corrected chi connectivity index (χ3v) is 5.86. The predicted octanol–water partition coefficient (Wildman–Crippen LogP) is 6.32. The van der Waals surface area contributed by atoms with Crippen LogP contribution in [0.4, 0.5) is 5.69 Å². The maximum Gasteiger partial charge on any atom is 0.336 e. The standard InChI is InChI=1S/C25H28ClNO4/c1-3-5-8-17-12-23(28)31-24-20(17)14-22(26)25-21(24)15-27(16-30-25)18-9-7-10-19(13-18)29-11-6-4-2/h7,9-10,12-14H,3-6,8,11,15-16H2,1-2H3. The molecule has 6 heteroatoms. The van der Waals surface area contributed by atoms with Crippen LogP contribution in [-0.4, -0.2) is 13.3 Å². The summed E-state index contributed by atoms with van der Waals surface area (Å²) in [5, 5.41) is 1.43. The highest BCUT2D eigenvalue weighted by atomic mass is 35.5. The fraction of sp³-hybridized carbons (Fsp3) is 0.400. The zero-order valence-corrected chi connectivity index (χ0v) is 18.8. The van der Waals surface area contributed by atoms with Gasteiger partial charge in [-0.2, -0.15) is 0 Å². The minimum atomic E-state index is -0.341. The van der Waals surface area contributed by atoms with Crippen LogP contribution < -0.4 is 20.0 Å². The average molecular weight is 442 g/mol. The number of hydrogen-bond donors (Lipinski definition) is 0. The normalized spacial score (nSPS) is 13.2. The Labute approximate surface area is 187 Å². The van der Waals surface area contributed by atoms with Gasteiger partial charge in [0.15, 0.2) is 6.73 Å². The summed E-state index contributed by atoms with van der Waals surface area (Å²) in [6.07, 6.45) is 4.98. The fourth-order valence-corrected chi connectivity index (χ4v) is 4.17. The Hall–Kier alpha value is -2.66. The Balaban J connectivity index is 1.70. The predicted molar refractivity (Wildman–Crippen MR) is 125 cm³/mol. The number of hydrogen-bond acceptors (Lipinski definition) is 5. The second kappa shape index (κ2) is 9.65. The van der Waals surface area contributed by atoms with Gasteiger partial charge in [-0.05, 0) is 43.0 Å². The highest BCUT2D eigenvalue weighted by molar-refractivity contribution is 6.33. The van der Waals surface area contributed by atoms with Crippen LogP contribution in [0, 0.1) is 0 Å². The van der Waals surface area contributed by atoms with Gasteiger partial charge in [0.1, 0.15) is 17.1 Å². The maximum atomic E-state index is 12.3. The number of nitrogens with zero attached hydrogens (tertiary/aromatic N) is 1. The van der Waals surface area contributed by atoms with E-state index in [4.69, 9.17) is 25.5 Å². The van der Waals surface area contributed by atoms with E-state index in [1.807, 2.05) is 30.3 Å². The molecule has 4 rings (SSSR count). The molecule has 1 aliphatic heterocycles. The topological polar surface area (TPSA) is 51.9 Å². The van der Waals surface area contributed by atoms with Gasteiger partial charge in [0.2, 0.25) is 0 Å². The first-order valence-electron chi connectivity index (χ1n) is 11.0. The monoisotopic (exact) mass is 441 g/mol. The van der Waals surface area contributed by atoms with E-state index in [-0.39, 0.29) is 5.63 Å². The molecule has 0 bridgehead atoms. The summed E-state index contributed by atoms with van der Waals surface area (Å²) in [4.78, 5) is 14.4. The van der Waals surface area contributed by atoms with Crippen LogP contribution >= 0.6 is 11.6 Å². The minimum Gasteiger partial charge on any atom is -0.494 e. The molecule has 3 aromatic rings. The third-order valence-electron chi connectivity index (χ3n) is 5.58. The summed E-state index contributed by atoms with van der Waals surface area (Å²) < 4.78 is 17.5. The number of fused-ring (bicyclic) bond motifs is 3. The lowest BCUT2D eigenvalue weighted by Gasteiger charge is -2.31. The lowest BCUT2D eigenvalue weighted by molar-refractivity contribution is 0.288. The molecule has 0 unspecified atom stereocenters. The fourth-order valence-electron chi connectivity index (χ4n) is 3.90. The molecule has 5 nitrogen and oxygen atoms in total. The number of ether oxygens (including phenoxy) is 2. The smallest absolute Gasteiger partial charge is 0.336 e. The summed E-state index contributed by atoms with van der Waals surface area (Å²) in [6.45, 7) is 5.87. The summed E-state index contributed by atoms with van der Waals surface area (Å²) in [5.41, 5.74) is 2.99. The molecular weight excluding hydrogens is 414 g/mol. The summed E-state index contributed by atoms with van der Waals surface area (Å²) in [7, 11) is 0. The van der Waals surface area contributed by atoms with Gasteiger partial charge in [0, 0.05) is 23.2 Å². The van der Waals surface area contributed by atoms with Crippen LogP contribution in [0.25, 0.3) is 11.0 Å². The van der Waals surface area contributed by atoms with Crippen LogP contribution in [0.3, 0.4) is 0 Å². The Morgan fingerprint density at radius 2 is 1.97 bits per heavy atom. The molecule has 0 fully saturated rings. The van der Waals surface area contributed by atoms with E-state index in [0.29, 0.717) is 36.2 Å². The highest BCUT2D eigenvalue weighted by Gasteiger charge is 2.25. The first kappa shape index (κ1) is 21.6. The van der Waals surface area contributed by atoms with Gasteiger partial charge in [-0.25, -0.2) is 4.79 Å². The zero-order chi connectivity index (χ0) is 21.8. The molecule has 31 heavy (non-hydrogen) atoms. The molecular formula is C25H28ClNO4. The van der Waals surface area contributed by atoms with E-state index in [1.165, 1.54) is 0 Å². The van der Waals surface area contributed by atoms with Gasteiger partial charge in [-0.1, -0.05) is 44.4 Å². The number of benzene rings is 2. The minimum absolute atomic E-state index is 0.341. The number of halogens is 1. The Kier molecular flexibility index (Phi) is 6.71. The molecule has 1 aromatic heterocycles. The zero-order valence-electron chi connectivity index (χ0n) is 18.1. The largest absolute Gasteiger partial charge is 0.494 e. The van der Waals surface area contributed by atoms with E-state index in [1.54, 1.807) is 6.07 Å². The van der Waals surface area contributed by atoms with Crippen molar-refractivity contribution in [3.8, 4) is 11.5 Å². The average Bonchev–Trinajstić information content (AvgIpc) is 2.78. The maximum absolute atomic E-state index is 12.3. The third kappa shape index (κ3) is 4.67. The first-order valence-corrected chi connectivity index (χ1v) is 11.4. The van der Waals surface area contributed by atoms with Gasteiger partial charge in [-0.15, -0.1) is 0 Å². The van der Waals surface area contributed by atoms with Crippen LogP contribution in [-0.2, 0) is 13.0 Å². The number of unbranched alkanes of at least 4 members (excludes halogenated alkanes) is 2.